The van der Waals surface area contributed by atoms with E-state index in [2.05, 4.69) is 10.4 Å². The molecular formula is C18H17N3OS. The van der Waals surface area contributed by atoms with E-state index in [9.17, 15) is 4.79 Å². The van der Waals surface area contributed by atoms with E-state index in [-0.39, 0.29) is 11.9 Å². The van der Waals surface area contributed by atoms with Crippen molar-refractivity contribution in [2.75, 3.05) is 0 Å². The molecule has 2 heterocycles. The Morgan fingerprint density at radius 1 is 1.26 bits per heavy atom. The van der Waals surface area contributed by atoms with Crippen LogP contribution in [0.2, 0.25) is 0 Å². The summed E-state index contributed by atoms with van der Waals surface area (Å²) in [5.41, 5.74) is 1.97. The number of thiophene rings is 1. The fourth-order valence-corrected chi connectivity index (χ4v) is 3.11. The summed E-state index contributed by atoms with van der Waals surface area (Å²) in [6, 6.07) is 13.9. The number of nitrogens with zero attached hydrogens (tertiary/aromatic N) is 2. The van der Waals surface area contributed by atoms with Crippen molar-refractivity contribution in [3.8, 4) is 0 Å². The van der Waals surface area contributed by atoms with Crippen molar-refractivity contribution >= 4 is 23.3 Å². The van der Waals surface area contributed by atoms with E-state index in [1.165, 1.54) is 0 Å². The highest BCUT2D eigenvalue weighted by Crippen LogP contribution is 2.25. The van der Waals surface area contributed by atoms with Gasteiger partial charge in [-0.05, 0) is 23.1 Å². The number of aromatic nitrogens is 2. The Kier molecular flexibility index (Phi) is 4.68. The van der Waals surface area contributed by atoms with Crippen molar-refractivity contribution in [3.63, 3.8) is 0 Å². The lowest BCUT2D eigenvalue weighted by Crippen LogP contribution is -2.27. The molecule has 23 heavy (non-hydrogen) atoms. The van der Waals surface area contributed by atoms with Crippen LogP contribution in [0.5, 0.6) is 0 Å². The Morgan fingerprint density at radius 2 is 2.09 bits per heavy atom. The summed E-state index contributed by atoms with van der Waals surface area (Å²) in [5, 5.41) is 9.17. The van der Waals surface area contributed by atoms with Crippen LogP contribution in [0, 0.1) is 0 Å². The van der Waals surface area contributed by atoms with Gasteiger partial charge in [-0.15, -0.1) is 11.3 Å². The maximum absolute atomic E-state index is 12.3. The number of nitrogens with one attached hydrogen (secondary N) is 1. The van der Waals surface area contributed by atoms with Gasteiger partial charge in [0.25, 0.3) is 0 Å². The number of rotatable bonds is 5. The molecule has 0 saturated heterocycles. The highest BCUT2D eigenvalue weighted by Gasteiger charge is 2.16. The second kappa shape index (κ2) is 7.07. The molecule has 0 aliphatic carbocycles. The fraction of sp³-hybridized carbons (Fsp3) is 0.111. The van der Waals surface area contributed by atoms with Gasteiger partial charge in [0.2, 0.25) is 5.91 Å². The molecule has 0 unspecified atom stereocenters. The maximum Gasteiger partial charge on any atom is 0.244 e. The monoisotopic (exact) mass is 323 g/mol. The molecule has 3 aromatic rings. The number of amides is 1. The Hall–Kier alpha value is -2.66. The number of benzene rings is 1. The normalized spacial score (nSPS) is 12.4. The summed E-state index contributed by atoms with van der Waals surface area (Å²) < 4.78 is 1.70. The maximum atomic E-state index is 12.3. The Labute approximate surface area is 139 Å². The van der Waals surface area contributed by atoms with Crippen molar-refractivity contribution in [2.45, 2.75) is 6.04 Å². The fourth-order valence-electron chi connectivity index (χ4n) is 2.31. The van der Waals surface area contributed by atoms with Gasteiger partial charge in [0.05, 0.1) is 12.2 Å². The molecule has 1 N–H and O–H groups in total. The van der Waals surface area contributed by atoms with Gasteiger partial charge in [-0.3, -0.25) is 9.48 Å². The number of carbonyl (C=O) groups is 1. The molecule has 4 nitrogen and oxygen atoms in total. The zero-order valence-electron chi connectivity index (χ0n) is 12.7. The zero-order chi connectivity index (χ0) is 16.1. The smallest absolute Gasteiger partial charge is 0.244 e. The van der Waals surface area contributed by atoms with E-state index in [4.69, 9.17) is 0 Å². The predicted octanol–water partition coefficient (Wildman–Crippen LogP) is 3.40. The van der Waals surface area contributed by atoms with Crippen molar-refractivity contribution in [1.29, 1.82) is 0 Å². The van der Waals surface area contributed by atoms with Crippen molar-refractivity contribution < 1.29 is 4.79 Å². The van der Waals surface area contributed by atoms with Crippen molar-refractivity contribution in [2.24, 2.45) is 7.05 Å². The lowest BCUT2D eigenvalue weighted by molar-refractivity contribution is -0.116. The quantitative estimate of drug-likeness (QED) is 0.732. The lowest BCUT2D eigenvalue weighted by Gasteiger charge is -2.17. The van der Waals surface area contributed by atoms with Gasteiger partial charge in [-0.1, -0.05) is 36.4 Å². The Bertz CT molecular complexity index is 791. The molecule has 1 amide bonds. The summed E-state index contributed by atoms with van der Waals surface area (Å²) in [5.74, 6) is -0.129. The first-order valence-electron chi connectivity index (χ1n) is 7.28. The Morgan fingerprint density at radius 3 is 2.74 bits per heavy atom. The van der Waals surface area contributed by atoms with E-state index in [1.54, 1.807) is 34.4 Å². The minimum absolute atomic E-state index is 0.129. The Balaban J connectivity index is 1.76. The first-order valence-corrected chi connectivity index (χ1v) is 8.16. The molecule has 2 aromatic heterocycles. The molecule has 1 atom stereocenters. The van der Waals surface area contributed by atoms with Gasteiger partial charge in [-0.2, -0.15) is 5.10 Å². The molecule has 5 heteroatoms. The molecule has 0 saturated carbocycles. The van der Waals surface area contributed by atoms with Crippen molar-refractivity contribution in [3.05, 3.63) is 82.3 Å². The van der Waals surface area contributed by atoms with E-state index in [0.717, 1.165) is 16.0 Å². The van der Waals surface area contributed by atoms with Crippen LogP contribution in [0.4, 0.5) is 0 Å². The minimum atomic E-state index is -0.137. The average molecular weight is 323 g/mol. The topological polar surface area (TPSA) is 46.9 Å². The average Bonchev–Trinajstić information content (AvgIpc) is 3.23. The third kappa shape index (κ3) is 3.96. The van der Waals surface area contributed by atoms with Gasteiger partial charge in [0.15, 0.2) is 0 Å². The standard InChI is InChI=1S/C18H17N3OS/c1-21-13-14(12-19-21)9-10-17(22)20-18(16-8-5-11-23-16)15-6-3-2-4-7-15/h2-13,18H,1H3,(H,20,22)/b10-9+/t18-/m1/s1. The molecule has 1 aromatic carbocycles. The van der Waals surface area contributed by atoms with E-state index in [0.29, 0.717) is 0 Å². The van der Waals surface area contributed by atoms with Crippen LogP contribution >= 0.6 is 11.3 Å². The number of hydrogen-bond donors (Lipinski definition) is 1. The van der Waals surface area contributed by atoms with Crippen molar-refractivity contribution in [1.82, 2.24) is 15.1 Å². The third-order valence-corrected chi connectivity index (χ3v) is 4.34. The number of aryl methyl sites for hydroxylation is 1. The largest absolute Gasteiger partial charge is 0.341 e. The molecule has 0 fully saturated rings. The second-order valence-corrected chi connectivity index (χ2v) is 6.13. The molecule has 0 aliphatic heterocycles. The summed E-state index contributed by atoms with van der Waals surface area (Å²) in [6.07, 6.45) is 6.88. The lowest BCUT2D eigenvalue weighted by atomic mass is 10.1. The molecule has 0 spiro atoms. The highest BCUT2D eigenvalue weighted by molar-refractivity contribution is 7.10. The van der Waals surface area contributed by atoms with Crippen LogP contribution in [0.1, 0.15) is 22.0 Å². The predicted molar refractivity (Wildman–Crippen MR) is 93.0 cm³/mol. The summed E-state index contributed by atoms with van der Waals surface area (Å²) in [4.78, 5) is 13.4. The highest BCUT2D eigenvalue weighted by atomic mass is 32.1. The van der Waals surface area contributed by atoms with E-state index >= 15 is 0 Å². The molecule has 3 rings (SSSR count). The van der Waals surface area contributed by atoms with E-state index in [1.807, 2.05) is 61.1 Å². The zero-order valence-corrected chi connectivity index (χ0v) is 13.5. The van der Waals surface area contributed by atoms with Crippen LogP contribution < -0.4 is 5.32 Å². The summed E-state index contributed by atoms with van der Waals surface area (Å²) >= 11 is 1.63. The molecule has 0 bridgehead atoms. The number of hydrogen-bond acceptors (Lipinski definition) is 3. The molecule has 0 radical (unpaired) electrons. The SMILES string of the molecule is Cn1cc(/C=C/C(=O)N[C@H](c2ccccc2)c2cccs2)cn1. The molecule has 116 valence electrons. The van der Waals surface area contributed by atoms with Crippen LogP contribution in [-0.2, 0) is 11.8 Å². The molecule has 0 aliphatic rings. The molecular weight excluding hydrogens is 306 g/mol. The van der Waals surface area contributed by atoms with Crippen LogP contribution in [0.25, 0.3) is 6.08 Å². The second-order valence-electron chi connectivity index (χ2n) is 5.15. The van der Waals surface area contributed by atoms with Crippen LogP contribution in [-0.4, -0.2) is 15.7 Å². The van der Waals surface area contributed by atoms with Gasteiger partial charge in [0, 0.05) is 29.8 Å². The first-order chi connectivity index (χ1) is 11.2. The third-order valence-electron chi connectivity index (χ3n) is 3.40. The van der Waals surface area contributed by atoms with E-state index < -0.39 is 0 Å². The van der Waals surface area contributed by atoms with Crippen LogP contribution in [0.3, 0.4) is 0 Å². The summed E-state index contributed by atoms with van der Waals surface area (Å²) in [7, 11) is 1.85. The summed E-state index contributed by atoms with van der Waals surface area (Å²) in [6.45, 7) is 0. The minimum Gasteiger partial charge on any atom is -0.341 e. The first kappa shape index (κ1) is 15.2. The van der Waals surface area contributed by atoms with Gasteiger partial charge in [-0.25, -0.2) is 0 Å². The number of carbonyl (C=O) groups excluding carboxylic acids is 1. The van der Waals surface area contributed by atoms with Crippen LogP contribution in [0.15, 0.2) is 66.3 Å². The van der Waals surface area contributed by atoms with Gasteiger partial charge >= 0.3 is 0 Å². The van der Waals surface area contributed by atoms with Gasteiger partial charge < -0.3 is 5.32 Å². The van der Waals surface area contributed by atoms with Gasteiger partial charge in [0.1, 0.15) is 0 Å².